The zero-order chi connectivity index (χ0) is 13.5. The van der Waals surface area contributed by atoms with Gasteiger partial charge in [0.1, 0.15) is 0 Å². The molecule has 100 valence electrons. The molecule has 19 heavy (non-hydrogen) atoms. The number of aliphatic carboxylic acids is 1. The van der Waals surface area contributed by atoms with Crippen LogP contribution in [0.5, 0.6) is 0 Å². The van der Waals surface area contributed by atoms with Crippen LogP contribution in [0.3, 0.4) is 0 Å². The van der Waals surface area contributed by atoms with Gasteiger partial charge in [0, 0.05) is 6.42 Å². The van der Waals surface area contributed by atoms with Crippen molar-refractivity contribution < 1.29 is 9.90 Å². The molecule has 1 aromatic carbocycles. The van der Waals surface area contributed by atoms with E-state index in [1.807, 2.05) is 30.3 Å². The molecule has 0 unspecified atom stereocenters. The minimum atomic E-state index is -0.782. The Bertz CT molecular complexity index is 526. The number of benzene rings is 1. The number of para-hydroxylation sites is 1. The summed E-state index contributed by atoms with van der Waals surface area (Å²) in [6.45, 7) is 1.12. The van der Waals surface area contributed by atoms with Gasteiger partial charge in [-0.05, 0) is 35.5 Å². The molecular formula is C12H15N5O2. The van der Waals surface area contributed by atoms with Crippen molar-refractivity contribution in [2.75, 3.05) is 6.54 Å². The number of carboxylic acids is 1. The number of rotatable bonds is 7. The fourth-order valence-electron chi connectivity index (χ4n) is 1.65. The Labute approximate surface area is 110 Å². The maximum Gasteiger partial charge on any atom is 0.303 e. The molecule has 7 heteroatoms. The molecule has 2 aromatic rings. The Morgan fingerprint density at radius 2 is 2.11 bits per heavy atom. The molecular weight excluding hydrogens is 246 g/mol. The molecule has 0 aliphatic carbocycles. The summed E-state index contributed by atoms with van der Waals surface area (Å²) < 4.78 is 1.66. The summed E-state index contributed by atoms with van der Waals surface area (Å²) in [4.78, 5) is 10.4. The smallest absolute Gasteiger partial charge is 0.303 e. The molecule has 0 bridgehead atoms. The van der Waals surface area contributed by atoms with Gasteiger partial charge in [-0.25, -0.2) is 0 Å². The molecule has 2 N–H and O–H groups in total. The number of carbonyl (C=O) groups is 1. The summed E-state index contributed by atoms with van der Waals surface area (Å²) in [7, 11) is 0. The predicted octanol–water partition coefficient (Wildman–Crippen LogP) is 0.617. The van der Waals surface area contributed by atoms with Gasteiger partial charge in [0.15, 0.2) is 5.82 Å². The summed E-state index contributed by atoms with van der Waals surface area (Å²) in [5.74, 6) is -0.0857. The van der Waals surface area contributed by atoms with E-state index in [9.17, 15) is 4.79 Å². The summed E-state index contributed by atoms with van der Waals surface area (Å²) in [6.07, 6.45) is 0.749. The highest BCUT2D eigenvalue weighted by Crippen LogP contribution is 2.06. The van der Waals surface area contributed by atoms with Crippen LogP contribution in [-0.4, -0.2) is 37.8 Å². The van der Waals surface area contributed by atoms with E-state index in [4.69, 9.17) is 5.11 Å². The summed E-state index contributed by atoms with van der Waals surface area (Å²) in [5.41, 5.74) is 0.898. The Kier molecular flexibility index (Phi) is 4.57. The largest absolute Gasteiger partial charge is 0.481 e. The lowest BCUT2D eigenvalue weighted by Gasteiger charge is -2.05. The van der Waals surface area contributed by atoms with E-state index < -0.39 is 5.97 Å². The molecule has 0 atom stereocenters. The maximum absolute atomic E-state index is 10.4. The van der Waals surface area contributed by atoms with Crippen molar-refractivity contribution >= 4 is 5.97 Å². The highest BCUT2D eigenvalue weighted by atomic mass is 16.4. The standard InChI is InChI=1S/C12H15N5O2/c18-12(19)7-4-8-13-9-11-14-15-16-17(11)10-5-2-1-3-6-10/h1-3,5-6,13H,4,7-9H2,(H,18,19). The second-order valence-corrected chi connectivity index (χ2v) is 4.02. The van der Waals surface area contributed by atoms with Crippen LogP contribution >= 0.6 is 0 Å². The first kappa shape index (κ1) is 13.2. The lowest BCUT2D eigenvalue weighted by molar-refractivity contribution is -0.137. The average Bonchev–Trinajstić information content (AvgIpc) is 2.87. The van der Waals surface area contributed by atoms with E-state index in [1.165, 1.54) is 0 Å². The number of aromatic nitrogens is 4. The first-order chi connectivity index (χ1) is 9.27. The molecule has 0 saturated carbocycles. The number of nitrogens with one attached hydrogen (secondary N) is 1. The van der Waals surface area contributed by atoms with Gasteiger partial charge in [-0.15, -0.1) is 5.10 Å². The highest BCUT2D eigenvalue weighted by molar-refractivity contribution is 5.66. The first-order valence-electron chi connectivity index (χ1n) is 6.02. The monoisotopic (exact) mass is 261 g/mol. The van der Waals surface area contributed by atoms with Crippen LogP contribution in [0.25, 0.3) is 5.69 Å². The van der Waals surface area contributed by atoms with E-state index in [0.29, 0.717) is 25.3 Å². The maximum atomic E-state index is 10.4. The molecule has 7 nitrogen and oxygen atoms in total. The SMILES string of the molecule is O=C(O)CCCNCc1nnnn1-c1ccccc1. The predicted molar refractivity (Wildman–Crippen MR) is 67.7 cm³/mol. The summed E-state index contributed by atoms with van der Waals surface area (Å²) in [6, 6.07) is 9.61. The topological polar surface area (TPSA) is 92.9 Å². The molecule has 2 rings (SSSR count). The average molecular weight is 261 g/mol. The molecule has 1 heterocycles. The van der Waals surface area contributed by atoms with Crippen molar-refractivity contribution in [2.45, 2.75) is 19.4 Å². The van der Waals surface area contributed by atoms with E-state index in [0.717, 1.165) is 5.69 Å². The zero-order valence-corrected chi connectivity index (χ0v) is 10.4. The Hall–Kier alpha value is -2.28. The Morgan fingerprint density at radius 3 is 2.84 bits per heavy atom. The fourth-order valence-corrected chi connectivity index (χ4v) is 1.65. The van der Waals surface area contributed by atoms with Gasteiger partial charge in [-0.3, -0.25) is 4.79 Å². The van der Waals surface area contributed by atoms with Crippen molar-refractivity contribution in [3.05, 3.63) is 36.2 Å². The Balaban J connectivity index is 1.88. The number of hydrogen-bond acceptors (Lipinski definition) is 5. The second kappa shape index (κ2) is 6.60. The molecule has 0 saturated heterocycles. The highest BCUT2D eigenvalue weighted by Gasteiger charge is 2.07. The van der Waals surface area contributed by atoms with Crippen LogP contribution in [0, 0.1) is 0 Å². The van der Waals surface area contributed by atoms with Crippen molar-refractivity contribution in [2.24, 2.45) is 0 Å². The van der Waals surface area contributed by atoms with E-state index in [-0.39, 0.29) is 6.42 Å². The number of tetrazole rings is 1. The van der Waals surface area contributed by atoms with Gasteiger partial charge in [0.25, 0.3) is 0 Å². The third kappa shape index (κ3) is 3.85. The summed E-state index contributed by atoms with van der Waals surface area (Å²) in [5, 5.41) is 23.2. The Morgan fingerprint density at radius 1 is 1.32 bits per heavy atom. The lowest BCUT2D eigenvalue weighted by atomic mass is 10.3. The van der Waals surface area contributed by atoms with Crippen molar-refractivity contribution in [1.29, 1.82) is 0 Å². The summed E-state index contributed by atoms with van der Waals surface area (Å²) >= 11 is 0. The molecule has 0 aliphatic rings. The lowest BCUT2D eigenvalue weighted by Crippen LogP contribution is -2.18. The van der Waals surface area contributed by atoms with Crippen LogP contribution in [0.15, 0.2) is 30.3 Å². The van der Waals surface area contributed by atoms with E-state index in [2.05, 4.69) is 20.8 Å². The van der Waals surface area contributed by atoms with Gasteiger partial charge in [0.05, 0.1) is 12.2 Å². The first-order valence-corrected chi connectivity index (χ1v) is 6.02. The molecule has 0 spiro atoms. The molecule has 0 amide bonds. The normalized spacial score (nSPS) is 10.5. The molecule has 0 fully saturated rings. The number of carboxylic acid groups (broad SMARTS) is 1. The third-order valence-electron chi connectivity index (χ3n) is 2.56. The van der Waals surface area contributed by atoms with Crippen molar-refractivity contribution in [1.82, 2.24) is 25.5 Å². The van der Waals surface area contributed by atoms with Gasteiger partial charge in [0.2, 0.25) is 0 Å². The molecule has 0 aliphatic heterocycles. The van der Waals surface area contributed by atoms with Crippen molar-refractivity contribution in [3.8, 4) is 5.69 Å². The zero-order valence-electron chi connectivity index (χ0n) is 10.4. The quantitative estimate of drug-likeness (QED) is 0.710. The minimum Gasteiger partial charge on any atom is -0.481 e. The van der Waals surface area contributed by atoms with Crippen molar-refractivity contribution in [3.63, 3.8) is 0 Å². The number of hydrogen-bond donors (Lipinski definition) is 2. The molecule has 1 aromatic heterocycles. The molecule has 0 radical (unpaired) electrons. The third-order valence-corrected chi connectivity index (χ3v) is 2.56. The minimum absolute atomic E-state index is 0.163. The second-order valence-electron chi connectivity index (χ2n) is 4.02. The van der Waals surface area contributed by atoms with Crippen LogP contribution in [0.4, 0.5) is 0 Å². The van der Waals surface area contributed by atoms with Gasteiger partial charge in [-0.2, -0.15) is 4.68 Å². The fraction of sp³-hybridized carbons (Fsp3) is 0.333. The van der Waals surface area contributed by atoms with Gasteiger partial charge >= 0.3 is 5.97 Å². The van der Waals surface area contributed by atoms with Gasteiger partial charge < -0.3 is 10.4 Å². The van der Waals surface area contributed by atoms with Gasteiger partial charge in [-0.1, -0.05) is 18.2 Å². The van der Waals surface area contributed by atoms with Crippen LogP contribution in [0.2, 0.25) is 0 Å². The van der Waals surface area contributed by atoms with E-state index in [1.54, 1.807) is 4.68 Å². The van der Waals surface area contributed by atoms with Crippen LogP contribution in [-0.2, 0) is 11.3 Å². The number of nitrogens with zero attached hydrogens (tertiary/aromatic N) is 4. The van der Waals surface area contributed by atoms with Crippen LogP contribution < -0.4 is 5.32 Å². The van der Waals surface area contributed by atoms with Crippen LogP contribution in [0.1, 0.15) is 18.7 Å². The van der Waals surface area contributed by atoms with E-state index >= 15 is 0 Å².